The summed E-state index contributed by atoms with van der Waals surface area (Å²) in [5.74, 6) is -3.51. The number of fused-ring (bicyclic) bond motifs is 4. The highest BCUT2D eigenvalue weighted by molar-refractivity contribution is 8.76. The topological polar surface area (TPSA) is 165 Å². The third-order valence-corrected chi connectivity index (χ3v) is 9.94. The van der Waals surface area contributed by atoms with E-state index in [1.165, 1.54) is 4.90 Å². The highest BCUT2D eigenvalue weighted by Crippen LogP contribution is 2.38. The van der Waals surface area contributed by atoms with Gasteiger partial charge in [0.25, 0.3) is 5.91 Å². The van der Waals surface area contributed by atoms with E-state index in [1.807, 2.05) is 30.3 Å². The van der Waals surface area contributed by atoms with Gasteiger partial charge in [-0.1, -0.05) is 58.0 Å². The molecule has 4 atom stereocenters. The van der Waals surface area contributed by atoms with Crippen molar-refractivity contribution in [2.45, 2.75) is 43.4 Å². The first kappa shape index (κ1) is 29.0. The molecule has 0 radical (unpaired) electrons. The number of carboxylic acid groups (broad SMARTS) is 1. The normalized spacial score (nSPS) is 24.8. The zero-order valence-electron chi connectivity index (χ0n) is 22.0. The lowest BCUT2D eigenvalue weighted by atomic mass is 10.0. The standard InChI is InChI=1S/C28H30N4O7S2/c33-12-20-27(37)32-10-4-9-23(32)26(36)31-22(28(38)39)14-41-40-13-21(25(35)29-20)30-24(34)18-8-3-7-17-16-6-2-1-5-15(16)11-19(17)18/h1-3,5-8,20-23,33H,4,9-14H2,(H,29,35)(H,30,34)(H,31,36)(H,38,39)/t20-,21-,22-,23-/m0/s1. The van der Waals surface area contributed by atoms with Crippen molar-refractivity contribution < 1.29 is 34.2 Å². The first-order valence-electron chi connectivity index (χ1n) is 13.3. The summed E-state index contributed by atoms with van der Waals surface area (Å²) in [4.78, 5) is 66.2. The summed E-state index contributed by atoms with van der Waals surface area (Å²) in [6.07, 6.45) is 1.43. The Morgan fingerprint density at radius 3 is 2.51 bits per heavy atom. The molecule has 1 aliphatic carbocycles. The molecular formula is C28H30N4O7S2. The number of aliphatic carboxylic acids is 1. The molecule has 0 saturated carbocycles. The molecule has 0 bridgehead atoms. The Balaban J connectivity index is 1.38. The fraction of sp³-hybridized carbons (Fsp3) is 0.393. The number of aliphatic hydroxyl groups excluding tert-OH is 1. The van der Waals surface area contributed by atoms with Crippen LogP contribution in [0.15, 0.2) is 42.5 Å². The lowest BCUT2D eigenvalue weighted by Crippen LogP contribution is -2.59. The van der Waals surface area contributed by atoms with Crippen LogP contribution in [0.2, 0.25) is 0 Å². The van der Waals surface area contributed by atoms with Gasteiger partial charge < -0.3 is 31.1 Å². The molecule has 0 spiro atoms. The average Bonchev–Trinajstić information content (AvgIpc) is 3.61. The SMILES string of the molecule is O=C(N[C@H]1CSSC[C@@H](C(=O)O)NC(=O)[C@@H]2CCCN2C(=O)[C@H](CO)NC1=O)c1cccc2c1Cc1ccccc1-2. The van der Waals surface area contributed by atoms with Gasteiger partial charge in [-0.3, -0.25) is 19.2 Å². The number of benzene rings is 2. The van der Waals surface area contributed by atoms with Crippen LogP contribution < -0.4 is 16.0 Å². The molecule has 216 valence electrons. The van der Waals surface area contributed by atoms with Crippen LogP contribution in [0.1, 0.15) is 34.3 Å². The Hall–Kier alpha value is -3.55. The van der Waals surface area contributed by atoms with Crippen molar-refractivity contribution in [1.29, 1.82) is 0 Å². The van der Waals surface area contributed by atoms with E-state index in [4.69, 9.17) is 0 Å². The predicted octanol–water partition coefficient (Wildman–Crippen LogP) is 0.789. The number of carboxylic acids is 1. The summed E-state index contributed by atoms with van der Waals surface area (Å²) in [5.41, 5.74) is 4.42. The van der Waals surface area contributed by atoms with Gasteiger partial charge in [-0.15, -0.1) is 0 Å². The molecule has 11 nitrogen and oxygen atoms in total. The molecule has 2 aromatic carbocycles. The highest BCUT2D eigenvalue weighted by Gasteiger charge is 2.39. The van der Waals surface area contributed by atoms with E-state index >= 15 is 0 Å². The second kappa shape index (κ2) is 12.5. The largest absolute Gasteiger partial charge is 0.480 e. The number of carbonyl (C=O) groups excluding carboxylic acids is 4. The summed E-state index contributed by atoms with van der Waals surface area (Å²) in [5, 5.41) is 27.5. The maximum atomic E-state index is 13.5. The van der Waals surface area contributed by atoms with Crippen molar-refractivity contribution >= 4 is 51.2 Å². The fourth-order valence-corrected chi connectivity index (χ4v) is 7.74. The number of carbonyl (C=O) groups is 5. The first-order valence-corrected chi connectivity index (χ1v) is 15.8. The van der Waals surface area contributed by atoms with Crippen LogP contribution in [-0.4, -0.2) is 93.5 Å². The van der Waals surface area contributed by atoms with Gasteiger partial charge in [0.1, 0.15) is 24.2 Å². The van der Waals surface area contributed by atoms with E-state index in [0.29, 0.717) is 24.8 Å². The zero-order chi connectivity index (χ0) is 29.1. The van der Waals surface area contributed by atoms with Crippen molar-refractivity contribution in [3.8, 4) is 11.1 Å². The third kappa shape index (κ3) is 6.07. The smallest absolute Gasteiger partial charge is 0.327 e. The number of amides is 4. The van der Waals surface area contributed by atoms with Gasteiger partial charge >= 0.3 is 5.97 Å². The maximum absolute atomic E-state index is 13.5. The maximum Gasteiger partial charge on any atom is 0.327 e. The van der Waals surface area contributed by atoms with Crippen LogP contribution in [-0.2, 0) is 25.6 Å². The van der Waals surface area contributed by atoms with E-state index in [9.17, 15) is 34.2 Å². The zero-order valence-corrected chi connectivity index (χ0v) is 23.6. The lowest BCUT2D eigenvalue weighted by Gasteiger charge is -2.30. The molecule has 4 amide bonds. The quantitative estimate of drug-likeness (QED) is 0.273. The highest BCUT2D eigenvalue weighted by atomic mass is 33.1. The summed E-state index contributed by atoms with van der Waals surface area (Å²) in [6, 6.07) is 8.84. The number of aliphatic hydroxyl groups is 1. The van der Waals surface area contributed by atoms with Gasteiger partial charge in [0, 0.05) is 23.6 Å². The van der Waals surface area contributed by atoms with Crippen LogP contribution in [0.3, 0.4) is 0 Å². The fourth-order valence-electron chi connectivity index (χ4n) is 5.42. The lowest BCUT2D eigenvalue weighted by molar-refractivity contribution is -0.144. The molecule has 2 heterocycles. The van der Waals surface area contributed by atoms with Crippen molar-refractivity contribution in [2.24, 2.45) is 0 Å². The van der Waals surface area contributed by atoms with Crippen molar-refractivity contribution in [3.05, 3.63) is 59.2 Å². The molecule has 2 aliphatic heterocycles. The van der Waals surface area contributed by atoms with Gasteiger partial charge in [0.15, 0.2) is 0 Å². The van der Waals surface area contributed by atoms with Crippen LogP contribution in [0, 0.1) is 0 Å². The van der Waals surface area contributed by atoms with E-state index in [2.05, 4.69) is 16.0 Å². The summed E-state index contributed by atoms with van der Waals surface area (Å²) in [7, 11) is 2.31. The van der Waals surface area contributed by atoms with Gasteiger partial charge in [-0.25, -0.2) is 4.79 Å². The molecule has 0 aromatic heterocycles. The molecule has 41 heavy (non-hydrogen) atoms. The van der Waals surface area contributed by atoms with Gasteiger partial charge in [0.2, 0.25) is 17.7 Å². The average molecular weight is 599 g/mol. The molecule has 2 fully saturated rings. The molecule has 0 unspecified atom stereocenters. The van der Waals surface area contributed by atoms with E-state index < -0.39 is 60.4 Å². The Morgan fingerprint density at radius 2 is 1.73 bits per heavy atom. The molecular weight excluding hydrogens is 568 g/mol. The number of nitrogens with zero attached hydrogens (tertiary/aromatic N) is 1. The van der Waals surface area contributed by atoms with E-state index in [0.717, 1.165) is 43.8 Å². The van der Waals surface area contributed by atoms with E-state index in [1.54, 1.807) is 12.1 Å². The Bertz CT molecular complexity index is 1390. The minimum absolute atomic E-state index is 0.0123. The first-order chi connectivity index (χ1) is 19.8. The predicted molar refractivity (Wildman–Crippen MR) is 154 cm³/mol. The number of hydrogen-bond acceptors (Lipinski definition) is 8. The number of rotatable bonds is 4. The molecule has 5 rings (SSSR count). The van der Waals surface area contributed by atoms with Gasteiger partial charge in [-0.2, -0.15) is 0 Å². The van der Waals surface area contributed by atoms with E-state index in [-0.39, 0.29) is 18.1 Å². The van der Waals surface area contributed by atoms with Crippen molar-refractivity contribution in [1.82, 2.24) is 20.9 Å². The summed E-state index contributed by atoms with van der Waals surface area (Å²) < 4.78 is 0. The second-order valence-electron chi connectivity index (χ2n) is 10.1. The number of hydrogen-bond donors (Lipinski definition) is 5. The Labute approximate surface area is 244 Å². The summed E-state index contributed by atoms with van der Waals surface area (Å²) in [6.45, 7) is -0.479. The van der Waals surface area contributed by atoms with Crippen LogP contribution in [0.25, 0.3) is 11.1 Å². The molecule has 13 heteroatoms. The third-order valence-electron chi connectivity index (χ3n) is 7.52. The van der Waals surface area contributed by atoms with Gasteiger partial charge in [0.05, 0.1) is 6.61 Å². The Kier molecular flexibility index (Phi) is 8.85. The molecule has 2 aromatic rings. The summed E-state index contributed by atoms with van der Waals surface area (Å²) >= 11 is 0. The monoisotopic (exact) mass is 598 g/mol. The van der Waals surface area contributed by atoms with Crippen LogP contribution >= 0.6 is 21.6 Å². The minimum atomic E-state index is -1.33. The van der Waals surface area contributed by atoms with Crippen LogP contribution in [0.4, 0.5) is 0 Å². The second-order valence-corrected chi connectivity index (χ2v) is 12.6. The Morgan fingerprint density at radius 1 is 0.976 bits per heavy atom. The molecule has 3 aliphatic rings. The molecule has 2 saturated heterocycles. The minimum Gasteiger partial charge on any atom is -0.480 e. The van der Waals surface area contributed by atoms with Gasteiger partial charge in [-0.05, 0) is 47.6 Å². The van der Waals surface area contributed by atoms with Crippen LogP contribution in [0.5, 0.6) is 0 Å². The van der Waals surface area contributed by atoms with Crippen molar-refractivity contribution in [3.63, 3.8) is 0 Å². The molecule has 5 N–H and O–H groups in total. The van der Waals surface area contributed by atoms with Crippen molar-refractivity contribution in [2.75, 3.05) is 24.7 Å². The number of nitrogens with one attached hydrogen (secondary N) is 3.